The van der Waals surface area contributed by atoms with E-state index in [9.17, 15) is 8.42 Å². The minimum Gasteiger partial charge on any atom is -0.211 e. The van der Waals surface area contributed by atoms with E-state index in [0.29, 0.717) is 11.0 Å². The van der Waals surface area contributed by atoms with Crippen LogP contribution in [0.1, 0.15) is 19.4 Å². The number of benzene rings is 1. The van der Waals surface area contributed by atoms with E-state index in [1.807, 2.05) is 20.8 Å². The van der Waals surface area contributed by atoms with Gasteiger partial charge >= 0.3 is 0 Å². The molecule has 0 fully saturated rings. The highest BCUT2D eigenvalue weighted by Gasteiger charge is 2.23. The molecule has 0 unspecified atom stereocenters. The van der Waals surface area contributed by atoms with Gasteiger partial charge in [0.25, 0.3) is 0 Å². The monoisotopic (exact) mass is 475 g/mol. The van der Waals surface area contributed by atoms with Crippen molar-refractivity contribution >= 4 is 57.8 Å². The van der Waals surface area contributed by atoms with Gasteiger partial charge in [-0.25, -0.2) is 13.1 Å². The number of sulfonamides is 1. The summed E-state index contributed by atoms with van der Waals surface area (Å²) in [5.41, 5.74) is 0.841. The van der Waals surface area contributed by atoms with Gasteiger partial charge in [-0.2, -0.15) is 0 Å². The number of halogens is 3. The summed E-state index contributed by atoms with van der Waals surface area (Å²) in [6.45, 7) is 6.26. The highest BCUT2D eigenvalue weighted by Crippen LogP contribution is 2.29. The summed E-state index contributed by atoms with van der Waals surface area (Å²) >= 11 is 10.0. The number of alkyl halides is 1. The quantitative estimate of drug-likeness (QED) is 0.645. The summed E-state index contributed by atoms with van der Waals surface area (Å²) in [6, 6.07) is 3.40. The molecule has 0 radical (unpaired) electrons. The lowest BCUT2D eigenvalue weighted by Crippen LogP contribution is -2.35. The third-order valence-electron chi connectivity index (χ3n) is 2.61. The van der Waals surface area contributed by atoms with E-state index in [-0.39, 0.29) is 10.3 Å². The van der Waals surface area contributed by atoms with Gasteiger partial charge in [-0.1, -0.05) is 45.7 Å². The van der Waals surface area contributed by atoms with Crippen molar-refractivity contribution in [2.75, 3.05) is 11.9 Å². The van der Waals surface area contributed by atoms with Gasteiger partial charge < -0.3 is 0 Å². The molecule has 0 aliphatic carbocycles. The lowest BCUT2D eigenvalue weighted by Gasteiger charge is -2.22. The van der Waals surface area contributed by atoms with Crippen LogP contribution in [-0.2, 0) is 10.0 Å². The van der Waals surface area contributed by atoms with Crippen LogP contribution in [0.4, 0.5) is 0 Å². The molecule has 0 saturated heterocycles. The van der Waals surface area contributed by atoms with Crippen molar-refractivity contribution < 1.29 is 8.42 Å². The molecule has 0 aliphatic heterocycles. The molecular formula is C12H16Br3NO2S. The summed E-state index contributed by atoms with van der Waals surface area (Å²) in [7, 11) is -3.52. The van der Waals surface area contributed by atoms with Crippen LogP contribution in [0.25, 0.3) is 0 Å². The predicted molar refractivity (Wildman–Crippen MR) is 89.3 cm³/mol. The molecule has 0 saturated carbocycles. The average Bonchev–Trinajstić information content (AvgIpc) is 2.31. The minimum atomic E-state index is -3.52. The van der Waals surface area contributed by atoms with E-state index >= 15 is 0 Å². The zero-order valence-electron chi connectivity index (χ0n) is 10.9. The molecule has 108 valence electrons. The van der Waals surface area contributed by atoms with Gasteiger partial charge in [0, 0.05) is 20.8 Å². The molecule has 0 spiro atoms. The van der Waals surface area contributed by atoms with Crippen LogP contribution >= 0.6 is 47.8 Å². The fourth-order valence-corrected chi connectivity index (χ4v) is 4.36. The molecule has 0 aromatic heterocycles. The molecule has 3 nitrogen and oxygen atoms in total. The van der Waals surface area contributed by atoms with Crippen LogP contribution in [-0.4, -0.2) is 20.3 Å². The zero-order chi connectivity index (χ0) is 14.8. The number of nitrogens with one attached hydrogen (secondary N) is 1. The fourth-order valence-electron chi connectivity index (χ4n) is 1.25. The first-order chi connectivity index (χ1) is 8.59. The highest BCUT2D eigenvalue weighted by molar-refractivity contribution is 9.11. The van der Waals surface area contributed by atoms with Crippen molar-refractivity contribution in [2.45, 2.75) is 25.7 Å². The molecule has 19 heavy (non-hydrogen) atoms. The molecule has 0 amide bonds. The van der Waals surface area contributed by atoms with Crippen molar-refractivity contribution in [1.29, 1.82) is 0 Å². The molecule has 0 bridgehead atoms. The van der Waals surface area contributed by atoms with Gasteiger partial charge in [0.05, 0.1) is 4.90 Å². The maximum atomic E-state index is 12.3. The van der Waals surface area contributed by atoms with Crippen molar-refractivity contribution in [2.24, 2.45) is 5.41 Å². The number of hydrogen-bond donors (Lipinski definition) is 1. The molecule has 0 aliphatic rings. The summed E-state index contributed by atoms with van der Waals surface area (Å²) in [5.74, 6) is 0. The number of rotatable bonds is 5. The second-order valence-electron chi connectivity index (χ2n) is 5.15. The largest absolute Gasteiger partial charge is 0.241 e. The van der Waals surface area contributed by atoms with Gasteiger partial charge in [-0.15, -0.1) is 0 Å². The van der Waals surface area contributed by atoms with Gasteiger partial charge in [0.15, 0.2) is 0 Å². The van der Waals surface area contributed by atoms with Crippen LogP contribution in [0.3, 0.4) is 0 Å². The lowest BCUT2D eigenvalue weighted by atomic mass is 9.98. The lowest BCUT2D eigenvalue weighted by molar-refractivity contribution is 0.420. The standard InChI is InChI=1S/C12H16Br3NO2S/c1-8-4-10(15)11(5-9(8)14)19(17,18)16-7-12(2,3)6-13/h4-5,16H,6-7H2,1-3H3. The van der Waals surface area contributed by atoms with E-state index in [4.69, 9.17) is 0 Å². The van der Waals surface area contributed by atoms with Crippen molar-refractivity contribution in [3.8, 4) is 0 Å². The first-order valence-electron chi connectivity index (χ1n) is 5.60. The third-order valence-corrected chi connectivity index (χ3v) is 7.34. The Hall–Kier alpha value is 0.570. The first-order valence-corrected chi connectivity index (χ1v) is 9.79. The molecule has 1 rings (SSSR count). The van der Waals surface area contributed by atoms with E-state index in [0.717, 1.165) is 15.4 Å². The van der Waals surface area contributed by atoms with Crippen LogP contribution in [0.2, 0.25) is 0 Å². The summed E-state index contributed by atoms with van der Waals surface area (Å²) in [4.78, 5) is 0.246. The SMILES string of the molecule is Cc1cc(Br)c(S(=O)(=O)NCC(C)(C)CBr)cc1Br. The third kappa shape index (κ3) is 4.81. The van der Waals surface area contributed by atoms with Crippen molar-refractivity contribution in [3.63, 3.8) is 0 Å². The second kappa shape index (κ2) is 6.56. The van der Waals surface area contributed by atoms with Gasteiger partial charge in [-0.05, 0) is 46.0 Å². The summed E-state index contributed by atoms with van der Waals surface area (Å²) in [5, 5.41) is 0.723. The first kappa shape index (κ1) is 17.6. The van der Waals surface area contributed by atoms with Crippen LogP contribution in [0.5, 0.6) is 0 Å². The maximum Gasteiger partial charge on any atom is 0.241 e. The van der Waals surface area contributed by atoms with Gasteiger partial charge in [0.1, 0.15) is 0 Å². The van der Waals surface area contributed by atoms with Gasteiger partial charge in [0.2, 0.25) is 10.0 Å². The average molecular weight is 478 g/mol. The molecule has 1 aromatic rings. The molecule has 1 N–H and O–H groups in total. The molecule has 7 heteroatoms. The van der Waals surface area contributed by atoms with Crippen molar-refractivity contribution in [3.05, 3.63) is 26.6 Å². The molecule has 0 atom stereocenters. The van der Waals surface area contributed by atoms with Gasteiger partial charge in [-0.3, -0.25) is 0 Å². The topological polar surface area (TPSA) is 46.2 Å². The Bertz CT molecular complexity index is 571. The normalized spacial score (nSPS) is 12.7. The zero-order valence-corrected chi connectivity index (χ0v) is 16.5. The van der Waals surface area contributed by atoms with Crippen LogP contribution < -0.4 is 4.72 Å². The smallest absolute Gasteiger partial charge is 0.211 e. The highest BCUT2D eigenvalue weighted by atomic mass is 79.9. The molecule has 1 aromatic carbocycles. The van der Waals surface area contributed by atoms with E-state index < -0.39 is 10.0 Å². The van der Waals surface area contributed by atoms with E-state index in [2.05, 4.69) is 52.5 Å². The molecule has 0 heterocycles. The van der Waals surface area contributed by atoms with E-state index in [1.54, 1.807) is 12.1 Å². The Morgan fingerprint density at radius 2 is 1.79 bits per heavy atom. The minimum absolute atomic E-state index is 0.137. The Kier molecular flexibility index (Phi) is 6.08. The Morgan fingerprint density at radius 1 is 1.21 bits per heavy atom. The molecular weight excluding hydrogens is 462 g/mol. The second-order valence-corrected chi connectivity index (χ2v) is 9.16. The fraction of sp³-hybridized carbons (Fsp3) is 0.500. The van der Waals surface area contributed by atoms with Crippen molar-refractivity contribution in [1.82, 2.24) is 4.72 Å². The Labute approximate surface area is 140 Å². The van der Waals surface area contributed by atoms with Crippen LogP contribution in [0, 0.1) is 12.3 Å². The summed E-state index contributed by atoms with van der Waals surface area (Å²) < 4.78 is 28.6. The Morgan fingerprint density at radius 3 is 2.32 bits per heavy atom. The van der Waals surface area contributed by atoms with E-state index in [1.165, 1.54) is 0 Å². The summed E-state index contributed by atoms with van der Waals surface area (Å²) in [6.07, 6.45) is 0. The number of aryl methyl sites for hydroxylation is 1. The number of hydrogen-bond acceptors (Lipinski definition) is 2. The predicted octanol–water partition coefficient (Wildman–Crippen LogP) is 4.22. The maximum absolute atomic E-state index is 12.3. The van der Waals surface area contributed by atoms with Crippen LogP contribution in [0.15, 0.2) is 26.0 Å². The Balaban J connectivity index is 3.05.